The van der Waals surface area contributed by atoms with E-state index in [4.69, 9.17) is 0 Å². The second-order valence-corrected chi connectivity index (χ2v) is 11.9. The third-order valence-electron chi connectivity index (χ3n) is 10.3. The van der Waals surface area contributed by atoms with Gasteiger partial charge in [0.2, 0.25) is 0 Å². The Kier molecular flexibility index (Phi) is 6.29. The molecule has 0 amide bonds. The van der Waals surface area contributed by atoms with Gasteiger partial charge >= 0.3 is 0 Å². The summed E-state index contributed by atoms with van der Waals surface area (Å²) in [6.07, 6.45) is 23.4. The average molecular weight is 443 g/mol. The first-order valence-electron chi connectivity index (χ1n) is 13.4. The number of fused-ring (bicyclic) bond motifs is 5. The van der Waals surface area contributed by atoms with Gasteiger partial charge in [-0.1, -0.05) is 91.8 Å². The van der Waals surface area contributed by atoms with Gasteiger partial charge in [0.1, 0.15) is 0 Å². The van der Waals surface area contributed by atoms with Crippen LogP contribution in [0.3, 0.4) is 0 Å². The summed E-state index contributed by atoms with van der Waals surface area (Å²) in [7, 11) is 0. The van der Waals surface area contributed by atoms with Gasteiger partial charge in [0.05, 0.1) is 6.10 Å². The average Bonchev–Trinajstić information content (AvgIpc) is 3.17. The molecule has 4 aliphatic carbocycles. The van der Waals surface area contributed by atoms with Gasteiger partial charge in [-0.3, -0.25) is 0 Å². The minimum atomic E-state index is -0.103. The lowest BCUT2D eigenvalue weighted by Crippen LogP contribution is -2.50. The number of allylic oxidation sites excluding steroid dienone is 6. The molecule has 1 N–H and O–H groups in total. The Hall–Kier alpha value is -1.86. The Balaban J connectivity index is 1.29. The molecule has 0 saturated heterocycles. The quantitative estimate of drug-likeness (QED) is 0.368. The summed E-state index contributed by atoms with van der Waals surface area (Å²) in [5.74, 6) is 3.25. The van der Waals surface area contributed by atoms with Crippen molar-refractivity contribution in [2.45, 2.75) is 78.2 Å². The zero-order chi connectivity index (χ0) is 23.1. The fourth-order valence-electron chi connectivity index (χ4n) is 8.51. The number of hydrogen-bond acceptors (Lipinski definition) is 1. The summed E-state index contributed by atoms with van der Waals surface area (Å²) < 4.78 is 0. The largest absolute Gasteiger partial charge is 0.393 e. The highest BCUT2D eigenvalue weighted by Crippen LogP contribution is 2.67. The number of aliphatic hydroxyl groups excluding tert-OH is 1. The summed E-state index contributed by atoms with van der Waals surface area (Å²) in [6, 6.07) is 10.5. The molecule has 0 spiro atoms. The Morgan fingerprint density at radius 3 is 2.58 bits per heavy atom. The van der Waals surface area contributed by atoms with E-state index < -0.39 is 0 Å². The van der Waals surface area contributed by atoms with E-state index in [0.29, 0.717) is 10.8 Å². The van der Waals surface area contributed by atoms with Gasteiger partial charge in [0.25, 0.3) is 0 Å². The van der Waals surface area contributed by atoms with Crippen LogP contribution in [0, 0.1) is 34.5 Å². The van der Waals surface area contributed by atoms with E-state index in [1.165, 1.54) is 44.1 Å². The van der Waals surface area contributed by atoms with Crippen LogP contribution >= 0.6 is 0 Å². The van der Waals surface area contributed by atoms with Crippen molar-refractivity contribution in [3.05, 3.63) is 77.4 Å². The van der Waals surface area contributed by atoms with Crippen molar-refractivity contribution < 1.29 is 5.11 Å². The Bertz CT molecular complexity index is 965. The first kappa shape index (κ1) is 22.9. The van der Waals surface area contributed by atoms with Crippen molar-refractivity contribution >= 4 is 6.08 Å². The van der Waals surface area contributed by atoms with Crippen molar-refractivity contribution in [1.82, 2.24) is 0 Å². The molecule has 0 heterocycles. The predicted octanol–water partition coefficient (Wildman–Crippen LogP) is 8.14. The summed E-state index contributed by atoms with van der Waals surface area (Å²) >= 11 is 0. The highest BCUT2D eigenvalue weighted by molar-refractivity contribution is 5.50. The van der Waals surface area contributed by atoms with E-state index in [2.05, 4.69) is 87.6 Å². The van der Waals surface area contributed by atoms with E-state index in [0.717, 1.165) is 36.5 Å². The van der Waals surface area contributed by atoms with Crippen LogP contribution in [0.15, 0.2) is 71.9 Å². The van der Waals surface area contributed by atoms with Crippen molar-refractivity contribution in [3.8, 4) is 0 Å². The molecule has 1 heteroatoms. The molecule has 5 rings (SSSR count). The lowest BCUT2D eigenvalue weighted by atomic mass is 9.47. The Morgan fingerprint density at radius 1 is 0.939 bits per heavy atom. The first-order valence-corrected chi connectivity index (χ1v) is 13.4. The van der Waals surface area contributed by atoms with Crippen molar-refractivity contribution in [3.63, 3.8) is 0 Å². The molecular weight excluding hydrogens is 400 g/mol. The molecule has 0 unspecified atom stereocenters. The van der Waals surface area contributed by atoms with Crippen molar-refractivity contribution in [2.24, 2.45) is 34.5 Å². The first-order chi connectivity index (χ1) is 15.9. The highest BCUT2D eigenvalue weighted by Gasteiger charge is 2.58. The summed E-state index contributed by atoms with van der Waals surface area (Å²) in [5, 5.41) is 10.3. The van der Waals surface area contributed by atoms with E-state index >= 15 is 0 Å². The second-order valence-electron chi connectivity index (χ2n) is 11.9. The number of benzene rings is 1. The van der Waals surface area contributed by atoms with Crippen LogP contribution in [0.1, 0.15) is 77.7 Å². The van der Waals surface area contributed by atoms with Gasteiger partial charge in [-0.15, -0.1) is 0 Å². The monoisotopic (exact) mass is 442 g/mol. The van der Waals surface area contributed by atoms with Crippen LogP contribution < -0.4 is 0 Å². The number of rotatable bonds is 4. The molecule has 3 fully saturated rings. The van der Waals surface area contributed by atoms with Gasteiger partial charge in [-0.2, -0.15) is 0 Å². The second kappa shape index (κ2) is 9.06. The van der Waals surface area contributed by atoms with Crippen LogP contribution in [0.2, 0.25) is 0 Å². The van der Waals surface area contributed by atoms with Crippen LogP contribution in [-0.2, 0) is 0 Å². The maximum Gasteiger partial charge on any atom is 0.0577 e. The maximum atomic E-state index is 10.3. The summed E-state index contributed by atoms with van der Waals surface area (Å²) in [6.45, 7) is 7.53. The molecule has 33 heavy (non-hydrogen) atoms. The van der Waals surface area contributed by atoms with E-state index in [1.54, 1.807) is 11.1 Å². The molecule has 1 aromatic carbocycles. The molecule has 4 aliphatic rings. The van der Waals surface area contributed by atoms with Crippen molar-refractivity contribution in [1.29, 1.82) is 0 Å². The summed E-state index contributed by atoms with van der Waals surface area (Å²) in [4.78, 5) is 0. The highest BCUT2D eigenvalue weighted by atomic mass is 16.3. The van der Waals surface area contributed by atoms with Crippen LogP contribution in [0.5, 0.6) is 0 Å². The predicted molar refractivity (Wildman–Crippen MR) is 140 cm³/mol. The number of aliphatic hydroxyl groups is 1. The SMILES string of the molecule is C\C(=C/C=C/C=C/c1ccccc1)[C@H]1CC[C@H]2[C@@H]3CC=C4C[C@@H](O)CC[C@]4(C)[C@H]3CC[C@]12C. The topological polar surface area (TPSA) is 20.2 Å². The molecule has 0 aromatic heterocycles. The smallest absolute Gasteiger partial charge is 0.0577 e. The molecule has 0 radical (unpaired) electrons. The normalized spacial score (nSPS) is 41.0. The lowest BCUT2D eigenvalue weighted by Gasteiger charge is -2.58. The summed E-state index contributed by atoms with van der Waals surface area (Å²) in [5.41, 5.74) is 5.20. The molecule has 1 nitrogen and oxygen atoms in total. The van der Waals surface area contributed by atoms with E-state index in [9.17, 15) is 5.11 Å². The zero-order valence-corrected chi connectivity index (χ0v) is 20.8. The molecule has 176 valence electrons. The standard InChI is InChI=1S/C32H42O/c1-23(10-6-4-7-11-24-12-8-5-9-13-24)28-16-17-29-27-15-14-25-22-26(33)18-20-31(25,2)30(27)19-21-32(28,29)3/h4-14,26-30,33H,15-22H2,1-3H3/b6-4+,11-7+,23-10+/t26-,27-,28+,29-,30-,31-,32+/m0/s1. The molecule has 0 aliphatic heterocycles. The van der Waals surface area contributed by atoms with Crippen molar-refractivity contribution in [2.75, 3.05) is 0 Å². The van der Waals surface area contributed by atoms with E-state index in [1.807, 2.05) is 0 Å². The molecule has 7 atom stereocenters. The van der Waals surface area contributed by atoms with E-state index in [-0.39, 0.29) is 6.10 Å². The minimum absolute atomic E-state index is 0.103. The van der Waals surface area contributed by atoms with Gasteiger partial charge < -0.3 is 5.11 Å². The molecule has 1 aromatic rings. The number of hydrogen-bond donors (Lipinski definition) is 1. The van der Waals surface area contributed by atoms with Crippen LogP contribution in [0.4, 0.5) is 0 Å². The van der Waals surface area contributed by atoms with Gasteiger partial charge in [0, 0.05) is 0 Å². The lowest BCUT2D eigenvalue weighted by molar-refractivity contribution is -0.0454. The Labute approximate surface area is 201 Å². The fraction of sp³-hybridized carbons (Fsp3) is 0.562. The minimum Gasteiger partial charge on any atom is -0.393 e. The molecule has 3 saturated carbocycles. The Morgan fingerprint density at radius 2 is 1.76 bits per heavy atom. The van der Waals surface area contributed by atoms with Crippen LogP contribution in [-0.4, -0.2) is 11.2 Å². The van der Waals surface area contributed by atoms with Crippen LogP contribution in [0.25, 0.3) is 6.08 Å². The zero-order valence-electron chi connectivity index (χ0n) is 20.8. The van der Waals surface area contributed by atoms with Gasteiger partial charge in [-0.25, -0.2) is 0 Å². The van der Waals surface area contributed by atoms with Gasteiger partial charge in [-0.05, 0) is 98.4 Å². The van der Waals surface area contributed by atoms with Gasteiger partial charge in [0.15, 0.2) is 0 Å². The maximum absolute atomic E-state index is 10.3. The molecular formula is C32H42O. The fourth-order valence-corrected chi connectivity index (χ4v) is 8.51. The third kappa shape index (κ3) is 4.12. The molecule has 0 bridgehead atoms. The third-order valence-corrected chi connectivity index (χ3v) is 10.3.